The molecule has 0 saturated carbocycles. The summed E-state index contributed by atoms with van der Waals surface area (Å²) in [6.07, 6.45) is 0. The number of halogens is 1. The van der Waals surface area contributed by atoms with Crippen molar-refractivity contribution in [3.05, 3.63) is 35.3 Å². The second kappa shape index (κ2) is 7.43. The third kappa shape index (κ3) is 3.56. The predicted octanol–water partition coefficient (Wildman–Crippen LogP) is -1.82. The fourth-order valence-corrected chi connectivity index (χ4v) is 2.34. The topological polar surface area (TPSA) is 119 Å². The van der Waals surface area contributed by atoms with Gasteiger partial charge in [0.1, 0.15) is 11.5 Å². The normalized spacial score (nSPS) is 14.2. The van der Waals surface area contributed by atoms with E-state index >= 15 is 0 Å². The lowest BCUT2D eigenvalue weighted by Gasteiger charge is -2.16. The van der Waals surface area contributed by atoms with E-state index in [1.54, 1.807) is 0 Å². The zero-order valence-corrected chi connectivity index (χ0v) is 12.8. The molecule has 128 valence electrons. The average molecular weight is 338 g/mol. The fraction of sp³-hybridized carbons (Fsp3) is 0.286. The second-order valence-electron chi connectivity index (χ2n) is 5.03. The molecule has 1 aliphatic heterocycles. The van der Waals surface area contributed by atoms with E-state index < -0.39 is 24.8 Å². The molecule has 1 amide bonds. The van der Waals surface area contributed by atoms with Gasteiger partial charge in [0, 0.05) is 17.7 Å². The SMILES string of the molecule is COC(=O)C1=C(Nc2ccc(F)cc2B(O)O)C(=O)N(CCO)C1. The van der Waals surface area contributed by atoms with Crippen molar-refractivity contribution in [1.82, 2.24) is 4.90 Å². The summed E-state index contributed by atoms with van der Waals surface area (Å²) in [5.74, 6) is -1.99. The number of carbonyl (C=O) groups is 2. The van der Waals surface area contributed by atoms with Crippen LogP contribution in [0.2, 0.25) is 0 Å². The van der Waals surface area contributed by atoms with Crippen molar-refractivity contribution in [2.24, 2.45) is 0 Å². The quantitative estimate of drug-likeness (QED) is 0.356. The van der Waals surface area contributed by atoms with Gasteiger partial charge >= 0.3 is 13.1 Å². The molecule has 24 heavy (non-hydrogen) atoms. The number of amides is 1. The van der Waals surface area contributed by atoms with Gasteiger partial charge in [-0.15, -0.1) is 0 Å². The number of esters is 1. The molecule has 4 N–H and O–H groups in total. The Labute approximate surface area is 137 Å². The van der Waals surface area contributed by atoms with E-state index in [0.717, 1.165) is 19.2 Å². The number of rotatable bonds is 6. The third-order valence-corrected chi connectivity index (χ3v) is 3.50. The van der Waals surface area contributed by atoms with Crippen LogP contribution >= 0.6 is 0 Å². The van der Waals surface area contributed by atoms with Crippen LogP contribution in [0.25, 0.3) is 0 Å². The molecular formula is C14H16BFN2O6. The van der Waals surface area contributed by atoms with Crippen molar-refractivity contribution >= 4 is 30.1 Å². The van der Waals surface area contributed by atoms with Crippen LogP contribution in [0.3, 0.4) is 0 Å². The van der Waals surface area contributed by atoms with Gasteiger partial charge in [-0.2, -0.15) is 0 Å². The zero-order chi connectivity index (χ0) is 17.9. The molecule has 1 aromatic rings. The van der Waals surface area contributed by atoms with Gasteiger partial charge in [0.15, 0.2) is 0 Å². The number of β-amino-alcohol motifs (C(OH)–C–C–N with tert-alkyl or cyclic N) is 1. The molecule has 0 saturated heterocycles. The predicted molar refractivity (Wildman–Crippen MR) is 82.6 cm³/mol. The Hall–Kier alpha value is -2.43. The van der Waals surface area contributed by atoms with Gasteiger partial charge in [-0.3, -0.25) is 4.79 Å². The highest BCUT2D eigenvalue weighted by molar-refractivity contribution is 6.60. The summed E-state index contributed by atoms with van der Waals surface area (Å²) in [6, 6.07) is 3.18. The molecule has 0 radical (unpaired) electrons. The first kappa shape index (κ1) is 17.9. The Morgan fingerprint density at radius 2 is 2.17 bits per heavy atom. The molecule has 8 nitrogen and oxygen atoms in total. The number of nitrogens with zero attached hydrogens (tertiary/aromatic N) is 1. The Morgan fingerprint density at radius 1 is 1.46 bits per heavy atom. The first-order chi connectivity index (χ1) is 11.4. The van der Waals surface area contributed by atoms with E-state index in [0.29, 0.717) is 0 Å². The molecule has 0 spiro atoms. The third-order valence-electron chi connectivity index (χ3n) is 3.50. The number of aliphatic hydroxyl groups excluding tert-OH is 1. The van der Waals surface area contributed by atoms with Crippen LogP contribution in [0.1, 0.15) is 0 Å². The number of aliphatic hydroxyl groups is 1. The van der Waals surface area contributed by atoms with Crippen molar-refractivity contribution in [2.45, 2.75) is 0 Å². The number of hydrogen-bond acceptors (Lipinski definition) is 7. The number of hydrogen-bond donors (Lipinski definition) is 4. The number of nitrogens with one attached hydrogen (secondary N) is 1. The fourth-order valence-electron chi connectivity index (χ4n) is 2.34. The maximum absolute atomic E-state index is 13.3. The van der Waals surface area contributed by atoms with Crippen LogP contribution in [0.4, 0.5) is 10.1 Å². The van der Waals surface area contributed by atoms with Gasteiger partial charge in [0.25, 0.3) is 5.91 Å². The van der Waals surface area contributed by atoms with E-state index in [1.165, 1.54) is 11.0 Å². The number of anilines is 1. The summed E-state index contributed by atoms with van der Waals surface area (Å²) < 4.78 is 17.9. The van der Waals surface area contributed by atoms with E-state index in [2.05, 4.69) is 10.1 Å². The van der Waals surface area contributed by atoms with Crippen molar-refractivity contribution in [3.63, 3.8) is 0 Å². The van der Waals surface area contributed by atoms with Crippen molar-refractivity contribution < 1.29 is 33.9 Å². The largest absolute Gasteiger partial charge is 0.490 e. The van der Waals surface area contributed by atoms with E-state index in [9.17, 15) is 24.0 Å². The molecule has 0 aromatic heterocycles. The Balaban J connectivity index is 2.41. The maximum atomic E-state index is 13.3. The molecule has 0 aliphatic carbocycles. The van der Waals surface area contributed by atoms with E-state index in [-0.39, 0.29) is 42.1 Å². The number of benzene rings is 1. The van der Waals surface area contributed by atoms with E-state index in [1.807, 2.05) is 0 Å². The smallest absolute Gasteiger partial charge is 0.466 e. The van der Waals surface area contributed by atoms with Gasteiger partial charge in [-0.1, -0.05) is 0 Å². The Kier molecular flexibility index (Phi) is 5.55. The maximum Gasteiger partial charge on any atom is 0.490 e. The van der Waals surface area contributed by atoms with Crippen LogP contribution < -0.4 is 10.8 Å². The number of carbonyl (C=O) groups excluding carboxylic acids is 2. The summed E-state index contributed by atoms with van der Waals surface area (Å²) in [6.45, 7) is -0.333. The highest BCUT2D eigenvalue weighted by Gasteiger charge is 2.35. The molecule has 10 heteroatoms. The summed E-state index contributed by atoms with van der Waals surface area (Å²) in [5.41, 5.74) is -0.232. The molecule has 2 rings (SSSR count). The van der Waals surface area contributed by atoms with Crippen molar-refractivity contribution in [1.29, 1.82) is 0 Å². The Bertz CT molecular complexity index is 694. The van der Waals surface area contributed by atoms with Gasteiger partial charge in [0.2, 0.25) is 0 Å². The minimum atomic E-state index is -1.98. The molecule has 1 aliphatic rings. The summed E-state index contributed by atoms with van der Waals surface area (Å²) >= 11 is 0. The van der Waals surface area contributed by atoms with Crippen molar-refractivity contribution in [3.8, 4) is 0 Å². The first-order valence-electron chi connectivity index (χ1n) is 7.03. The second-order valence-corrected chi connectivity index (χ2v) is 5.03. The minimum Gasteiger partial charge on any atom is -0.466 e. The lowest BCUT2D eigenvalue weighted by atomic mass is 9.79. The lowest BCUT2D eigenvalue weighted by molar-refractivity contribution is -0.136. The van der Waals surface area contributed by atoms with E-state index in [4.69, 9.17) is 5.11 Å². The highest BCUT2D eigenvalue weighted by atomic mass is 19.1. The molecule has 1 heterocycles. The van der Waals surface area contributed by atoms with Gasteiger partial charge in [0.05, 0.1) is 25.8 Å². The van der Waals surface area contributed by atoms with Crippen LogP contribution in [-0.2, 0) is 14.3 Å². The van der Waals surface area contributed by atoms with Crippen LogP contribution in [-0.4, -0.2) is 65.9 Å². The average Bonchev–Trinajstić information content (AvgIpc) is 2.85. The van der Waals surface area contributed by atoms with Crippen LogP contribution in [0.15, 0.2) is 29.5 Å². The number of methoxy groups -OCH3 is 1. The zero-order valence-electron chi connectivity index (χ0n) is 12.8. The van der Waals surface area contributed by atoms with Gasteiger partial charge in [-0.05, 0) is 18.2 Å². The number of ether oxygens (including phenoxy) is 1. The summed E-state index contributed by atoms with van der Waals surface area (Å²) in [7, 11) is -0.817. The summed E-state index contributed by atoms with van der Waals surface area (Å²) in [4.78, 5) is 25.5. The first-order valence-corrected chi connectivity index (χ1v) is 7.03. The molecule has 0 atom stereocenters. The Morgan fingerprint density at radius 3 is 2.75 bits per heavy atom. The minimum absolute atomic E-state index is 0.0173. The van der Waals surface area contributed by atoms with Crippen LogP contribution in [0, 0.1) is 5.82 Å². The highest BCUT2D eigenvalue weighted by Crippen LogP contribution is 2.22. The molecule has 0 bridgehead atoms. The summed E-state index contributed by atoms with van der Waals surface area (Å²) in [5, 5.41) is 30.3. The molecular weight excluding hydrogens is 322 g/mol. The van der Waals surface area contributed by atoms with Crippen molar-refractivity contribution in [2.75, 3.05) is 32.1 Å². The molecule has 0 fully saturated rings. The standard InChI is InChI=1S/C14H16BFN2O6/c1-24-14(21)9-7-18(4-5-19)13(20)12(9)17-11-3-2-8(16)6-10(11)15(22)23/h2-3,6,17,19,22-23H,4-5,7H2,1H3. The van der Waals surface area contributed by atoms with Gasteiger partial charge in [-0.25, -0.2) is 9.18 Å². The monoisotopic (exact) mass is 338 g/mol. The van der Waals surface area contributed by atoms with Gasteiger partial charge < -0.3 is 30.1 Å². The molecule has 0 unspecified atom stereocenters. The molecule has 1 aromatic carbocycles. The lowest BCUT2D eigenvalue weighted by Crippen LogP contribution is -2.34. The van der Waals surface area contributed by atoms with Crippen LogP contribution in [0.5, 0.6) is 0 Å².